The summed E-state index contributed by atoms with van der Waals surface area (Å²) in [7, 11) is 0. The van der Waals surface area contributed by atoms with Crippen molar-refractivity contribution in [2.45, 2.75) is 45.6 Å². The van der Waals surface area contributed by atoms with Crippen LogP contribution in [0.3, 0.4) is 0 Å². The van der Waals surface area contributed by atoms with Gasteiger partial charge in [-0.1, -0.05) is 26.0 Å². The van der Waals surface area contributed by atoms with Crippen LogP contribution in [0.2, 0.25) is 0 Å². The summed E-state index contributed by atoms with van der Waals surface area (Å²) < 4.78 is 11.5. The molecule has 3 heteroatoms. The molecule has 2 rings (SSSR count). The zero-order chi connectivity index (χ0) is 13.7. The van der Waals surface area contributed by atoms with Crippen molar-refractivity contribution in [3.63, 3.8) is 0 Å². The number of para-hydroxylation sites is 2. The molecule has 0 aromatic heterocycles. The van der Waals surface area contributed by atoms with Gasteiger partial charge in [0.1, 0.15) is 12.4 Å². The Morgan fingerprint density at radius 1 is 1.16 bits per heavy atom. The van der Waals surface area contributed by atoms with E-state index in [4.69, 9.17) is 15.2 Å². The predicted molar refractivity (Wildman–Crippen MR) is 78.3 cm³/mol. The smallest absolute Gasteiger partial charge is 0.142 e. The lowest BCUT2D eigenvalue weighted by Gasteiger charge is -2.34. The number of anilines is 1. The average molecular weight is 263 g/mol. The molecule has 0 saturated heterocycles. The van der Waals surface area contributed by atoms with Gasteiger partial charge in [0.05, 0.1) is 18.4 Å². The second kappa shape index (κ2) is 6.29. The second-order valence-corrected chi connectivity index (χ2v) is 6.12. The van der Waals surface area contributed by atoms with Gasteiger partial charge >= 0.3 is 0 Å². The lowest BCUT2D eigenvalue weighted by atomic mass is 9.76. The largest absolute Gasteiger partial charge is 0.489 e. The normalized spacial score (nSPS) is 19.3. The first-order valence-electron chi connectivity index (χ1n) is 7.16. The van der Waals surface area contributed by atoms with E-state index in [1.54, 1.807) is 0 Å². The lowest BCUT2D eigenvalue weighted by molar-refractivity contribution is -0.00724. The van der Waals surface area contributed by atoms with Crippen LogP contribution in [0.5, 0.6) is 5.75 Å². The molecule has 0 bridgehead atoms. The molecule has 1 aliphatic rings. The van der Waals surface area contributed by atoms with Gasteiger partial charge in [-0.3, -0.25) is 0 Å². The van der Waals surface area contributed by atoms with Crippen LogP contribution in [0.15, 0.2) is 24.3 Å². The Labute approximate surface area is 116 Å². The highest BCUT2D eigenvalue weighted by molar-refractivity contribution is 5.51. The molecule has 0 unspecified atom stereocenters. The highest BCUT2D eigenvalue weighted by atomic mass is 16.5. The predicted octanol–water partition coefficient (Wildman–Crippen LogP) is 3.63. The molecule has 1 aromatic carbocycles. The van der Waals surface area contributed by atoms with Gasteiger partial charge in [0.25, 0.3) is 0 Å². The summed E-state index contributed by atoms with van der Waals surface area (Å²) in [5.74, 6) is 0.746. The minimum atomic E-state index is 0.407. The van der Waals surface area contributed by atoms with Gasteiger partial charge in [-0.2, -0.15) is 0 Å². The summed E-state index contributed by atoms with van der Waals surface area (Å²) >= 11 is 0. The summed E-state index contributed by atoms with van der Waals surface area (Å²) in [5.41, 5.74) is 6.99. The van der Waals surface area contributed by atoms with Gasteiger partial charge in [0, 0.05) is 0 Å². The van der Waals surface area contributed by atoms with Crippen LogP contribution in [0.1, 0.15) is 39.5 Å². The van der Waals surface area contributed by atoms with Crippen molar-refractivity contribution in [2.75, 3.05) is 18.9 Å². The third kappa shape index (κ3) is 4.43. The molecule has 0 atom stereocenters. The first kappa shape index (κ1) is 14.2. The highest BCUT2D eigenvalue weighted by Crippen LogP contribution is 2.36. The van der Waals surface area contributed by atoms with Crippen LogP contribution in [-0.4, -0.2) is 19.3 Å². The zero-order valence-corrected chi connectivity index (χ0v) is 12.0. The van der Waals surface area contributed by atoms with E-state index in [-0.39, 0.29) is 0 Å². The molecule has 19 heavy (non-hydrogen) atoms. The number of hydrogen-bond acceptors (Lipinski definition) is 3. The van der Waals surface area contributed by atoms with E-state index in [9.17, 15) is 0 Å². The summed E-state index contributed by atoms with van der Waals surface area (Å²) in [6, 6.07) is 7.57. The molecule has 106 valence electrons. The van der Waals surface area contributed by atoms with E-state index in [1.807, 2.05) is 24.3 Å². The van der Waals surface area contributed by atoms with Crippen molar-refractivity contribution in [3.8, 4) is 5.75 Å². The van der Waals surface area contributed by atoms with Gasteiger partial charge in [-0.15, -0.1) is 0 Å². The fraction of sp³-hybridized carbons (Fsp3) is 0.625. The van der Waals surface area contributed by atoms with Crippen molar-refractivity contribution >= 4 is 5.69 Å². The van der Waals surface area contributed by atoms with E-state index in [1.165, 1.54) is 25.7 Å². The maximum atomic E-state index is 5.87. The number of hydrogen-bond donors (Lipinski definition) is 1. The lowest BCUT2D eigenvalue weighted by Crippen LogP contribution is -2.27. The molecular formula is C16H25NO2. The van der Waals surface area contributed by atoms with Crippen molar-refractivity contribution < 1.29 is 9.47 Å². The molecule has 1 saturated carbocycles. The molecule has 0 heterocycles. The first-order chi connectivity index (χ1) is 9.07. The van der Waals surface area contributed by atoms with Crippen LogP contribution < -0.4 is 10.5 Å². The van der Waals surface area contributed by atoms with Gasteiger partial charge in [0.2, 0.25) is 0 Å². The molecule has 1 aliphatic carbocycles. The van der Waals surface area contributed by atoms with E-state index in [0.717, 1.165) is 5.75 Å². The number of nitrogen functional groups attached to an aromatic ring is 1. The summed E-state index contributed by atoms with van der Waals surface area (Å²) in [5, 5.41) is 0. The van der Waals surface area contributed by atoms with Crippen LogP contribution in [0, 0.1) is 5.41 Å². The van der Waals surface area contributed by atoms with Gasteiger partial charge < -0.3 is 15.2 Å². The molecule has 3 nitrogen and oxygen atoms in total. The van der Waals surface area contributed by atoms with Crippen molar-refractivity contribution in [2.24, 2.45) is 5.41 Å². The van der Waals surface area contributed by atoms with Crippen molar-refractivity contribution in [3.05, 3.63) is 24.3 Å². The number of ether oxygens (including phenoxy) is 2. The summed E-state index contributed by atoms with van der Waals surface area (Å²) in [4.78, 5) is 0. The topological polar surface area (TPSA) is 44.5 Å². The molecule has 1 aromatic rings. The van der Waals surface area contributed by atoms with Crippen LogP contribution >= 0.6 is 0 Å². The minimum absolute atomic E-state index is 0.407. The zero-order valence-electron chi connectivity index (χ0n) is 12.0. The van der Waals surface area contributed by atoms with E-state index in [2.05, 4.69) is 13.8 Å². The quantitative estimate of drug-likeness (QED) is 0.651. The summed E-state index contributed by atoms with van der Waals surface area (Å²) in [6.07, 6.45) is 5.25. The molecule has 0 radical (unpaired) electrons. The Morgan fingerprint density at radius 3 is 2.53 bits per heavy atom. The Morgan fingerprint density at radius 2 is 1.84 bits per heavy atom. The molecule has 2 N–H and O–H groups in total. The highest BCUT2D eigenvalue weighted by Gasteiger charge is 2.26. The number of nitrogens with two attached hydrogens (primary N) is 1. The van der Waals surface area contributed by atoms with Gasteiger partial charge in [0.15, 0.2) is 0 Å². The van der Waals surface area contributed by atoms with Crippen molar-refractivity contribution in [1.82, 2.24) is 0 Å². The minimum Gasteiger partial charge on any atom is -0.489 e. The monoisotopic (exact) mass is 263 g/mol. The fourth-order valence-corrected chi connectivity index (χ4v) is 2.52. The molecule has 0 spiro atoms. The van der Waals surface area contributed by atoms with Crippen molar-refractivity contribution in [1.29, 1.82) is 0 Å². The van der Waals surface area contributed by atoms with Crippen LogP contribution in [0.25, 0.3) is 0 Å². The Bertz CT molecular complexity index is 393. The average Bonchev–Trinajstić information content (AvgIpc) is 2.38. The van der Waals surface area contributed by atoms with E-state index < -0.39 is 0 Å². The van der Waals surface area contributed by atoms with Gasteiger partial charge in [-0.25, -0.2) is 0 Å². The molecule has 0 aliphatic heterocycles. The van der Waals surface area contributed by atoms with Gasteiger partial charge in [-0.05, 0) is 43.2 Å². The summed E-state index contributed by atoms with van der Waals surface area (Å²) in [6.45, 7) is 5.88. The third-order valence-corrected chi connectivity index (χ3v) is 3.90. The Kier molecular flexibility index (Phi) is 4.70. The first-order valence-corrected chi connectivity index (χ1v) is 7.16. The number of benzene rings is 1. The standard InChI is InChI=1S/C16H25NO2/c1-16(2)9-7-13(8-10-16)18-11-12-19-15-6-4-3-5-14(15)17/h3-6,13H,7-12,17H2,1-2H3. The Balaban J connectivity index is 1.64. The van der Waals surface area contributed by atoms with E-state index in [0.29, 0.717) is 30.4 Å². The maximum Gasteiger partial charge on any atom is 0.142 e. The molecular weight excluding hydrogens is 238 g/mol. The number of rotatable bonds is 5. The molecule has 1 fully saturated rings. The van der Waals surface area contributed by atoms with Crippen LogP contribution in [0.4, 0.5) is 5.69 Å². The second-order valence-electron chi connectivity index (χ2n) is 6.12. The van der Waals surface area contributed by atoms with Crippen LogP contribution in [-0.2, 0) is 4.74 Å². The SMILES string of the molecule is CC1(C)CCC(OCCOc2ccccc2N)CC1. The third-order valence-electron chi connectivity index (χ3n) is 3.90. The fourth-order valence-electron chi connectivity index (χ4n) is 2.52. The Hall–Kier alpha value is -1.22. The maximum absolute atomic E-state index is 5.87. The molecule has 0 amide bonds. The van der Waals surface area contributed by atoms with E-state index >= 15 is 0 Å².